The molecule has 4 atom stereocenters. The van der Waals surface area contributed by atoms with Crippen LogP contribution in [0.15, 0.2) is 94.4 Å². The highest BCUT2D eigenvalue weighted by atomic mass is 32.2. The summed E-state index contributed by atoms with van der Waals surface area (Å²) >= 11 is -2.96. The van der Waals surface area contributed by atoms with E-state index in [1.807, 2.05) is 60.7 Å². The first-order valence-corrected chi connectivity index (χ1v) is 21.8. The molecule has 4 unspecified atom stereocenters. The summed E-state index contributed by atoms with van der Waals surface area (Å²) in [5.74, 6) is -0.420. The summed E-state index contributed by atoms with van der Waals surface area (Å²) in [6.45, 7) is 5.27. The maximum atomic E-state index is 12.7. The van der Waals surface area contributed by atoms with E-state index < -0.39 is 49.1 Å². The predicted molar refractivity (Wildman–Crippen MR) is 216 cm³/mol. The summed E-state index contributed by atoms with van der Waals surface area (Å²) < 4.78 is 72.4. The van der Waals surface area contributed by atoms with Crippen LogP contribution in [0.5, 0.6) is 0 Å². The van der Waals surface area contributed by atoms with Crippen molar-refractivity contribution in [3.63, 3.8) is 0 Å². The number of hydrogen-bond acceptors (Lipinski definition) is 10. The van der Waals surface area contributed by atoms with E-state index >= 15 is 0 Å². The molecular formula is C40H53N2O10S3+. The average Bonchev–Trinajstić information content (AvgIpc) is 3.58. The maximum absolute atomic E-state index is 12.7. The van der Waals surface area contributed by atoms with Gasteiger partial charge in [-0.05, 0) is 87.9 Å². The third-order valence-corrected chi connectivity index (χ3v) is 13.4. The second-order valence-corrected chi connectivity index (χ2v) is 18.0. The van der Waals surface area contributed by atoms with Crippen LogP contribution < -0.4 is 5.32 Å². The number of allylic oxidation sites excluding steroid dienone is 8. The van der Waals surface area contributed by atoms with Gasteiger partial charge in [-0.3, -0.25) is 17.3 Å². The number of ether oxygens (including phenoxy) is 1. The number of nitrogens with one attached hydrogen (secondary N) is 1. The van der Waals surface area contributed by atoms with Crippen molar-refractivity contribution >= 4 is 55.3 Å². The molecule has 2 aliphatic rings. The molecule has 15 heteroatoms. The number of aliphatic carboxylic acids is 1. The van der Waals surface area contributed by atoms with E-state index in [-0.39, 0.29) is 11.3 Å². The number of carboxylic acids is 1. The summed E-state index contributed by atoms with van der Waals surface area (Å²) in [6.07, 6.45) is 17.8. The molecule has 12 nitrogen and oxygen atoms in total. The number of carboxylic acid groups (broad SMARTS) is 1. The van der Waals surface area contributed by atoms with Gasteiger partial charge in [0.1, 0.15) is 6.54 Å². The molecule has 2 aromatic carbocycles. The van der Waals surface area contributed by atoms with Crippen LogP contribution in [0.4, 0.5) is 11.4 Å². The fourth-order valence-electron chi connectivity index (χ4n) is 7.15. The monoisotopic (exact) mass is 817 g/mol. The van der Waals surface area contributed by atoms with E-state index in [0.717, 1.165) is 53.9 Å². The van der Waals surface area contributed by atoms with Crippen LogP contribution in [-0.2, 0) is 65.2 Å². The number of rotatable bonds is 22. The van der Waals surface area contributed by atoms with Crippen molar-refractivity contribution in [2.45, 2.75) is 79.4 Å². The largest absolute Gasteiger partial charge is 0.481 e. The highest BCUT2D eigenvalue weighted by molar-refractivity contribution is 7.86. The molecule has 300 valence electrons. The van der Waals surface area contributed by atoms with Crippen LogP contribution in [0.2, 0.25) is 0 Å². The summed E-state index contributed by atoms with van der Waals surface area (Å²) in [4.78, 5) is 11.7. The highest BCUT2D eigenvalue weighted by Gasteiger charge is 2.48. The Bertz CT molecular complexity index is 2020. The molecule has 0 amide bonds. The zero-order valence-electron chi connectivity index (χ0n) is 32.4. The van der Waals surface area contributed by atoms with E-state index in [1.165, 1.54) is 14.2 Å². The number of hydrogen-bond donors (Lipinski definition) is 2. The van der Waals surface area contributed by atoms with E-state index in [9.17, 15) is 21.6 Å². The molecule has 0 saturated heterocycles. The third-order valence-electron chi connectivity index (χ3n) is 10.2. The number of fused-ring (bicyclic) bond motifs is 2. The second kappa shape index (κ2) is 20.0. The van der Waals surface area contributed by atoms with E-state index in [1.54, 1.807) is 25.3 Å². The molecule has 2 aromatic rings. The third kappa shape index (κ3) is 10.6. The van der Waals surface area contributed by atoms with Crippen LogP contribution in [0.25, 0.3) is 0 Å². The Labute approximate surface area is 330 Å². The molecule has 0 radical (unpaired) electrons. The summed E-state index contributed by atoms with van der Waals surface area (Å²) in [6, 6.07) is 10.6. The number of unbranched alkanes of at least 4 members (excludes halogenated alkanes) is 2. The Morgan fingerprint density at radius 1 is 0.873 bits per heavy atom. The lowest BCUT2D eigenvalue weighted by molar-refractivity contribution is -0.438. The van der Waals surface area contributed by atoms with Gasteiger partial charge in [0.05, 0.1) is 36.5 Å². The van der Waals surface area contributed by atoms with Gasteiger partial charge in [-0.1, -0.05) is 30.4 Å². The van der Waals surface area contributed by atoms with Crippen molar-refractivity contribution < 1.29 is 48.6 Å². The quantitative estimate of drug-likeness (QED) is 0.0561. The fourth-order valence-corrected chi connectivity index (χ4v) is 8.97. The Morgan fingerprint density at radius 2 is 1.62 bits per heavy atom. The minimum atomic E-state index is -3.93. The van der Waals surface area contributed by atoms with Crippen molar-refractivity contribution in [1.82, 2.24) is 0 Å². The number of benzene rings is 2. The smallest absolute Gasteiger partial charge is 0.303 e. The Morgan fingerprint density at radius 3 is 2.31 bits per heavy atom. The number of anilines is 1. The fraction of sp³-hybridized carbons (Fsp3) is 0.450. The Hall–Kier alpha value is -3.57. The van der Waals surface area contributed by atoms with E-state index in [0.29, 0.717) is 49.5 Å². The van der Waals surface area contributed by atoms with Crippen molar-refractivity contribution in [2.24, 2.45) is 0 Å². The first kappa shape index (κ1) is 44.1. The molecular weight excluding hydrogens is 765 g/mol. The van der Waals surface area contributed by atoms with E-state index in [4.69, 9.17) is 22.4 Å². The SMILES string of the molecule is COCCC1(C)C(/C=C/C=C/C=C/C=C2/Nc3ccc(S(=O)OC)cc3C2(C)CCCS(=O)OC)=[N+](CCCCCC(=O)O)c2ccc(S(=O)(=O)OC)cc21. The molecule has 0 bridgehead atoms. The van der Waals surface area contributed by atoms with Crippen molar-refractivity contribution in [3.8, 4) is 0 Å². The molecule has 55 heavy (non-hydrogen) atoms. The Kier molecular flexibility index (Phi) is 16.1. The van der Waals surface area contributed by atoms with Gasteiger partial charge in [-0.15, -0.1) is 0 Å². The van der Waals surface area contributed by atoms with Crippen molar-refractivity contribution in [2.75, 3.05) is 52.7 Å². The highest BCUT2D eigenvalue weighted by Crippen LogP contribution is 2.47. The van der Waals surface area contributed by atoms with Crippen LogP contribution in [0, 0.1) is 0 Å². The standard InChI is InChI=1S/C40H52N2O10S3/c1-39(23-15-27-53(45)50-4)32-28-30(54(46)51-5)19-21-34(32)41-36(39)16-11-8-7-9-12-17-37-40(2,24-26-49-3)33-29-31(55(47,48)52-6)20-22-35(33)42(37)25-14-10-13-18-38(43)44/h7-9,11-12,16-17,19-22,28-29H,10,13-15,18,23-27H2,1-6H3,(H,43,44)/p+1. The molecule has 0 aliphatic carbocycles. The Balaban J connectivity index is 1.62. The second-order valence-electron chi connectivity index (χ2n) is 13.7. The van der Waals surface area contributed by atoms with Crippen LogP contribution in [0.3, 0.4) is 0 Å². The van der Waals surface area contributed by atoms with Crippen molar-refractivity contribution in [3.05, 3.63) is 95.8 Å². The molecule has 2 N–H and O–H groups in total. The van der Waals surface area contributed by atoms with Crippen molar-refractivity contribution in [1.29, 1.82) is 0 Å². The predicted octanol–water partition coefficient (Wildman–Crippen LogP) is 6.75. The first-order valence-electron chi connectivity index (χ1n) is 18.1. The molecule has 0 saturated carbocycles. The van der Waals surface area contributed by atoms with Gasteiger partial charge in [0, 0.05) is 66.8 Å². The van der Waals surface area contributed by atoms with Gasteiger partial charge in [0.25, 0.3) is 10.1 Å². The zero-order chi connectivity index (χ0) is 40.2. The molecule has 2 heterocycles. The first-order chi connectivity index (χ1) is 26.2. The molecule has 4 rings (SSSR count). The molecule has 0 spiro atoms. The topological polar surface area (TPSA) is 158 Å². The normalized spacial score (nSPS) is 21.5. The lowest BCUT2D eigenvalue weighted by atomic mass is 9.76. The summed E-state index contributed by atoms with van der Waals surface area (Å²) in [7, 11) is 1.69. The minimum Gasteiger partial charge on any atom is -0.481 e. The minimum absolute atomic E-state index is 0.0782. The summed E-state index contributed by atoms with van der Waals surface area (Å²) in [5, 5.41) is 12.6. The van der Waals surface area contributed by atoms with Gasteiger partial charge in [-0.25, -0.2) is 8.42 Å². The number of nitrogens with zero attached hydrogens (tertiary/aromatic N) is 1. The van der Waals surface area contributed by atoms with E-state index in [2.05, 4.69) is 23.7 Å². The van der Waals surface area contributed by atoms with Gasteiger partial charge >= 0.3 is 5.97 Å². The lowest BCUT2D eigenvalue weighted by Crippen LogP contribution is -2.33. The molecule has 2 aliphatic heterocycles. The van der Waals surface area contributed by atoms with Gasteiger partial charge in [0.15, 0.2) is 27.9 Å². The van der Waals surface area contributed by atoms with Gasteiger partial charge in [-0.2, -0.15) is 13.0 Å². The lowest BCUT2D eigenvalue weighted by Gasteiger charge is -2.26. The van der Waals surface area contributed by atoms with Gasteiger partial charge < -0.3 is 15.2 Å². The number of methoxy groups -OCH3 is 1. The number of carbonyl (C=O) groups is 1. The maximum Gasteiger partial charge on any atom is 0.303 e. The summed E-state index contributed by atoms with van der Waals surface area (Å²) in [5.41, 5.74) is 4.52. The van der Waals surface area contributed by atoms with Crippen LogP contribution in [0.1, 0.15) is 69.9 Å². The molecule has 0 aromatic heterocycles. The van der Waals surface area contributed by atoms with Crippen LogP contribution in [-0.4, -0.2) is 85.5 Å². The molecule has 0 fully saturated rings. The van der Waals surface area contributed by atoms with Gasteiger partial charge in [0.2, 0.25) is 5.69 Å². The van der Waals surface area contributed by atoms with Crippen LogP contribution >= 0.6 is 0 Å². The average molecular weight is 818 g/mol. The zero-order valence-corrected chi connectivity index (χ0v) is 34.8.